The Kier molecular flexibility index (Phi) is 6.02. The van der Waals surface area contributed by atoms with Crippen molar-refractivity contribution < 1.29 is 35.5 Å². The van der Waals surface area contributed by atoms with Crippen LogP contribution in [-0.2, 0) is 20.9 Å². The van der Waals surface area contributed by atoms with Crippen molar-refractivity contribution in [3.63, 3.8) is 0 Å². The predicted octanol–water partition coefficient (Wildman–Crippen LogP) is 4.01. The lowest BCUT2D eigenvalue weighted by Gasteiger charge is -2.14. The van der Waals surface area contributed by atoms with Gasteiger partial charge in [-0.15, -0.1) is 0 Å². The van der Waals surface area contributed by atoms with Crippen LogP contribution < -0.4 is 4.72 Å². The third-order valence-corrected chi connectivity index (χ3v) is 5.40. The van der Waals surface area contributed by atoms with Gasteiger partial charge in [0, 0.05) is 0 Å². The molecule has 164 valence electrons. The average molecular weight is 457 g/mol. The number of carbonyl (C=O) groups excluding carboxylic acids is 1. The molecule has 0 radical (unpaired) electrons. The van der Waals surface area contributed by atoms with Gasteiger partial charge in [0.1, 0.15) is 11.4 Å². The third-order valence-electron chi connectivity index (χ3n) is 4.00. The molecule has 7 nitrogen and oxygen atoms in total. The van der Waals surface area contributed by atoms with Crippen molar-refractivity contribution >= 4 is 21.7 Å². The summed E-state index contributed by atoms with van der Waals surface area (Å²) in [4.78, 5) is 11.7. The summed E-state index contributed by atoms with van der Waals surface area (Å²) in [6, 6.07) is 9.00. The van der Waals surface area contributed by atoms with Crippen molar-refractivity contribution in [2.24, 2.45) is 0 Å². The van der Waals surface area contributed by atoms with Crippen LogP contribution in [0.3, 0.4) is 0 Å². The smallest absolute Gasteiger partial charge is 0.434 e. The maximum absolute atomic E-state index is 13.6. The van der Waals surface area contributed by atoms with Crippen LogP contribution in [0.1, 0.15) is 23.0 Å². The molecule has 1 aromatic heterocycles. The molecule has 0 saturated heterocycles. The van der Waals surface area contributed by atoms with Gasteiger partial charge in [0.15, 0.2) is 5.69 Å². The van der Waals surface area contributed by atoms with Gasteiger partial charge >= 0.3 is 12.1 Å². The number of hydrogen-bond donors (Lipinski definition) is 1. The van der Waals surface area contributed by atoms with Gasteiger partial charge in [-0.25, -0.2) is 22.3 Å². The number of benzene rings is 2. The lowest BCUT2D eigenvalue weighted by Crippen LogP contribution is -2.19. The lowest BCUT2D eigenvalue weighted by atomic mass is 10.2. The number of ether oxygens (including phenoxy) is 1. The van der Waals surface area contributed by atoms with Gasteiger partial charge in [-0.3, -0.25) is 4.72 Å². The minimum atomic E-state index is -4.94. The number of halogens is 4. The number of aromatic nitrogens is 2. The number of alkyl halides is 3. The van der Waals surface area contributed by atoms with Crippen LogP contribution in [0.2, 0.25) is 0 Å². The van der Waals surface area contributed by atoms with Crippen LogP contribution in [0.25, 0.3) is 5.69 Å². The van der Waals surface area contributed by atoms with E-state index in [0.29, 0.717) is 4.68 Å². The molecule has 3 rings (SSSR count). The normalized spacial score (nSPS) is 11.9. The van der Waals surface area contributed by atoms with Gasteiger partial charge in [0.2, 0.25) is 0 Å². The van der Waals surface area contributed by atoms with Crippen molar-refractivity contribution in [1.82, 2.24) is 9.78 Å². The molecule has 1 N–H and O–H groups in total. The van der Waals surface area contributed by atoms with Crippen molar-refractivity contribution in [3.05, 3.63) is 71.8 Å². The summed E-state index contributed by atoms with van der Waals surface area (Å²) in [6.45, 7) is 1.33. The second-order valence-electron chi connectivity index (χ2n) is 6.15. The summed E-state index contributed by atoms with van der Waals surface area (Å²) in [5, 5.41) is 3.64. The Labute approximate surface area is 174 Å². The van der Waals surface area contributed by atoms with E-state index in [1.807, 2.05) is 0 Å². The Morgan fingerprint density at radius 2 is 1.84 bits per heavy atom. The molecule has 0 aliphatic carbocycles. The first-order valence-electron chi connectivity index (χ1n) is 8.74. The van der Waals surface area contributed by atoms with E-state index in [4.69, 9.17) is 0 Å². The Morgan fingerprint density at radius 3 is 2.45 bits per heavy atom. The molecule has 0 aliphatic rings. The molecule has 2 aromatic carbocycles. The summed E-state index contributed by atoms with van der Waals surface area (Å²) in [5.41, 5.74) is -2.35. The second kappa shape index (κ2) is 8.38. The van der Waals surface area contributed by atoms with Crippen LogP contribution in [-0.4, -0.2) is 30.8 Å². The van der Waals surface area contributed by atoms with E-state index in [0.717, 1.165) is 36.5 Å². The zero-order valence-corrected chi connectivity index (χ0v) is 16.7. The standard InChI is InChI=1S/C19H15F4N3O4S/c1-2-30-18(27)16-11-24-26(17(16)19(21,22)23)14-5-3-4-13(10-14)25-31(28,29)15-8-6-12(20)7-9-15/h3-11,25H,2H2,1H3. The molecule has 0 aliphatic heterocycles. The molecule has 0 atom stereocenters. The summed E-state index contributed by atoms with van der Waals surface area (Å²) in [7, 11) is -4.13. The summed E-state index contributed by atoms with van der Waals surface area (Å²) in [5.74, 6) is -1.81. The van der Waals surface area contributed by atoms with E-state index in [1.165, 1.54) is 25.1 Å². The number of sulfonamides is 1. The van der Waals surface area contributed by atoms with E-state index in [-0.39, 0.29) is 22.9 Å². The maximum Gasteiger partial charge on any atom is 0.434 e. The maximum atomic E-state index is 13.6. The predicted molar refractivity (Wildman–Crippen MR) is 102 cm³/mol. The van der Waals surface area contributed by atoms with Crippen molar-refractivity contribution in [2.45, 2.75) is 18.0 Å². The molecule has 0 amide bonds. The highest BCUT2D eigenvalue weighted by Crippen LogP contribution is 2.34. The van der Waals surface area contributed by atoms with Gasteiger partial charge in [-0.05, 0) is 49.4 Å². The lowest BCUT2D eigenvalue weighted by molar-refractivity contribution is -0.143. The Bertz CT molecular complexity index is 1210. The highest BCUT2D eigenvalue weighted by atomic mass is 32.2. The average Bonchev–Trinajstić information content (AvgIpc) is 3.14. The number of nitrogens with one attached hydrogen (secondary N) is 1. The first-order chi connectivity index (χ1) is 14.5. The van der Waals surface area contributed by atoms with Crippen LogP contribution in [0.5, 0.6) is 0 Å². The largest absolute Gasteiger partial charge is 0.462 e. The zero-order chi connectivity index (χ0) is 22.8. The van der Waals surface area contributed by atoms with Gasteiger partial charge in [0.25, 0.3) is 10.0 Å². The van der Waals surface area contributed by atoms with Crippen molar-refractivity contribution in [2.75, 3.05) is 11.3 Å². The Morgan fingerprint density at radius 1 is 1.16 bits per heavy atom. The first-order valence-corrected chi connectivity index (χ1v) is 10.2. The van der Waals surface area contributed by atoms with E-state index in [2.05, 4.69) is 14.6 Å². The summed E-state index contributed by atoms with van der Waals surface area (Å²) in [6.07, 6.45) is -4.21. The topological polar surface area (TPSA) is 90.3 Å². The molecule has 0 bridgehead atoms. The number of hydrogen-bond acceptors (Lipinski definition) is 5. The fraction of sp³-hybridized carbons (Fsp3) is 0.158. The number of carbonyl (C=O) groups is 1. The van der Waals surface area contributed by atoms with Gasteiger partial charge in [-0.1, -0.05) is 6.07 Å². The molecule has 0 spiro atoms. The Balaban J connectivity index is 2.00. The molecule has 0 unspecified atom stereocenters. The summed E-state index contributed by atoms with van der Waals surface area (Å²) >= 11 is 0. The van der Waals surface area contributed by atoms with Crippen molar-refractivity contribution in [3.8, 4) is 5.69 Å². The van der Waals surface area contributed by atoms with Gasteiger partial charge in [-0.2, -0.15) is 18.3 Å². The highest BCUT2D eigenvalue weighted by Gasteiger charge is 2.41. The number of rotatable bonds is 6. The first kappa shape index (κ1) is 22.3. The quantitative estimate of drug-likeness (QED) is 0.446. The SMILES string of the molecule is CCOC(=O)c1cnn(-c2cccc(NS(=O)(=O)c3ccc(F)cc3)c2)c1C(F)(F)F. The molecular formula is C19H15F4N3O4S. The molecule has 0 saturated carbocycles. The molecule has 31 heavy (non-hydrogen) atoms. The third kappa shape index (κ3) is 4.85. The molecule has 3 aromatic rings. The van der Waals surface area contributed by atoms with Gasteiger partial charge < -0.3 is 4.74 Å². The molecule has 1 heterocycles. The fourth-order valence-electron chi connectivity index (χ4n) is 2.70. The fourth-order valence-corrected chi connectivity index (χ4v) is 3.75. The van der Waals surface area contributed by atoms with Crippen molar-refractivity contribution in [1.29, 1.82) is 0 Å². The van der Waals surface area contributed by atoms with Gasteiger partial charge in [0.05, 0.1) is 29.1 Å². The van der Waals surface area contributed by atoms with Crippen LogP contribution >= 0.6 is 0 Å². The van der Waals surface area contributed by atoms with Crippen LogP contribution in [0.15, 0.2) is 59.6 Å². The van der Waals surface area contributed by atoms with E-state index < -0.39 is 39.2 Å². The monoisotopic (exact) mass is 457 g/mol. The number of nitrogens with zero attached hydrogens (tertiary/aromatic N) is 2. The van der Waals surface area contributed by atoms with Crippen LogP contribution in [0.4, 0.5) is 23.2 Å². The van der Waals surface area contributed by atoms with E-state index in [9.17, 15) is 30.8 Å². The highest BCUT2D eigenvalue weighted by molar-refractivity contribution is 7.92. The Hall–Kier alpha value is -3.41. The minimum Gasteiger partial charge on any atom is -0.462 e. The summed E-state index contributed by atoms with van der Waals surface area (Å²) < 4.78 is 86.2. The number of anilines is 1. The number of esters is 1. The molecule has 12 heteroatoms. The van der Waals surface area contributed by atoms with E-state index in [1.54, 1.807) is 0 Å². The zero-order valence-electron chi connectivity index (χ0n) is 15.9. The second-order valence-corrected chi connectivity index (χ2v) is 7.83. The van der Waals surface area contributed by atoms with E-state index >= 15 is 0 Å². The van der Waals surface area contributed by atoms with Crippen LogP contribution in [0, 0.1) is 5.82 Å². The minimum absolute atomic E-state index is 0.0665. The molecular weight excluding hydrogens is 442 g/mol. The molecule has 0 fully saturated rings.